The molecule has 1 saturated carbocycles. The van der Waals surface area contributed by atoms with Crippen molar-refractivity contribution in [2.24, 2.45) is 5.92 Å². The average molecular weight is 380 g/mol. The van der Waals surface area contributed by atoms with Crippen molar-refractivity contribution in [1.82, 2.24) is 16.0 Å². The van der Waals surface area contributed by atoms with Crippen molar-refractivity contribution in [2.45, 2.75) is 71.1 Å². The molecule has 0 radical (unpaired) electrons. The molecule has 1 aromatic carbocycles. The van der Waals surface area contributed by atoms with Gasteiger partial charge in [-0.2, -0.15) is 0 Å². The van der Waals surface area contributed by atoms with Gasteiger partial charge in [0.15, 0.2) is 0 Å². The number of carbonyl (C=O) groups is 2. The van der Waals surface area contributed by atoms with Crippen molar-refractivity contribution < 1.29 is 9.59 Å². The van der Waals surface area contributed by atoms with E-state index in [1.54, 1.807) is 6.92 Å². The highest BCUT2D eigenvalue weighted by molar-refractivity contribution is 5.87. The summed E-state index contributed by atoms with van der Waals surface area (Å²) in [5, 5.41) is 9.09. The number of fused-ring (bicyclic) bond motifs is 1. The topological polar surface area (TPSA) is 70.2 Å². The average Bonchev–Trinajstić information content (AvgIpc) is 3.08. The molecule has 1 fully saturated rings. The van der Waals surface area contributed by atoms with E-state index >= 15 is 0 Å². The molecule has 0 aromatic heterocycles. The second-order valence-corrected chi connectivity index (χ2v) is 7.42. The predicted octanol–water partition coefficient (Wildman–Crippen LogP) is 2.80. The summed E-state index contributed by atoms with van der Waals surface area (Å²) >= 11 is 0. The Labute approximate surface area is 162 Å². The fraction of sp³-hybridized carbons (Fsp3) is 0.600. The summed E-state index contributed by atoms with van der Waals surface area (Å²) in [6.45, 7) is 4.06. The van der Waals surface area contributed by atoms with Gasteiger partial charge in [-0.15, -0.1) is 12.4 Å². The Balaban J connectivity index is 0.00000243. The van der Waals surface area contributed by atoms with Gasteiger partial charge in [-0.05, 0) is 42.4 Å². The number of halogens is 1. The smallest absolute Gasteiger partial charge is 0.242 e. The van der Waals surface area contributed by atoms with E-state index < -0.39 is 6.04 Å². The molecule has 1 atom stereocenters. The number of amides is 2. The van der Waals surface area contributed by atoms with Gasteiger partial charge >= 0.3 is 0 Å². The third kappa shape index (κ3) is 5.71. The van der Waals surface area contributed by atoms with E-state index in [4.69, 9.17) is 0 Å². The van der Waals surface area contributed by atoms with E-state index in [0.717, 1.165) is 31.5 Å². The first-order chi connectivity index (χ1) is 12.1. The molecule has 1 aliphatic heterocycles. The summed E-state index contributed by atoms with van der Waals surface area (Å²) in [5.41, 5.74) is 3.73. The zero-order valence-corrected chi connectivity index (χ0v) is 16.3. The standard InChI is InChI=1S/C20H29N3O2.ClH/c1-14(23-19(24)10-15-5-3-2-4-6-15)20(25)22-11-16-7-8-17-12-21-13-18(17)9-16;/h7-9,14-15,21H,2-6,10-13H2,1H3,(H,22,25)(H,23,24);1H. The lowest BCUT2D eigenvalue weighted by Gasteiger charge is -2.22. The van der Waals surface area contributed by atoms with E-state index in [2.05, 4.69) is 34.1 Å². The number of benzene rings is 1. The van der Waals surface area contributed by atoms with Crippen LogP contribution in [0.1, 0.15) is 62.1 Å². The van der Waals surface area contributed by atoms with E-state index in [-0.39, 0.29) is 24.2 Å². The number of rotatable bonds is 6. The molecule has 144 valence electrons. The van der Waals surface area contributed by atoms with Crippen LogP contribution in [0.15, 0.2) is 18.2 Å². The quantitative estimate of drug-likeness (QED) is 0.711. The maximum absolute atomic E-state index is 12.2. The number of hydrogen-bond acceptors (Lipinski definition) is 3. The highest BCUT2D eigenvalue weighted by Crippen LogP contribution is 2.26. The molecule has 26 heavy (non-hydrogen) atoms. The first-order valence-corrected chi connectivity index (χ1v) is 9.50. The monoisotopic (exact) mass is 379 g/mol. The van der Waals surface area contributed by atoms with Crippen molar-refractivity contribution in [3.63, 3.8) is 0 Å². The molecule has 0 spiro atoms. The summed E-state index contributed by atoms with van der Waals surface area (Å²) < 4.78 is 0. The van der Waals surface area contributed by atoms with Gasteiger partial charge in [0.2, 0.25) is 11.8 Å². The van der Waals surface area contributed by atoms with Crippen LogP contribution in [-0.4, -0.2) is 17.9 Å². The summed E-state index contributed by atoms with van der Waals surface area (Å²) in [5.74, 6) is 0.359. The Morgan fingerprint density at radius 2 is 1.88 bits per heavy atom. The molecule has 2 amide bonds. The predicted molar refractivity (Wildman–Crippen MR) is 105 cm³/mol. The molecule has 1 aromatic rings. The fourth-order valence-electron chi connectivity index (χ4n) is 3.82. The van der Waals surface area contributed by atoms with E-state index in [1.165, 1.54) is 30.4 Å². The molecule has 2 aliphatic rings. The Bertz CT molecular complexity index is 629. The minimum atomic E-state index is -0.493. The lowest BCUT2D eigenvalue weighted by molar-refractivity contribution is -0.129. The van der Waals surface area contributed by atoms with Crippen molar-refractivity contribution in [3.8, 4) is 0 Å². The first-order valence-electron chi connectivity index (χ1n) is 9.50. The van der Waals surface area contributed by atoms with Gasteiger partial charge in [0, 0.05) is 26.1 Å². The zero-order chi connectivity index (χ0) is 17.6. The molecule has 0 saturated heterocycles. The molecule has 0 bridgehead atoms. The minimum absolute atomic E-state index is 0. The van der Waals surface area contributed by atoms with Crippen molar-refractivity contribution >= 4 is 24.2 Å². The Kier molecular flexibility index (Phi) is 7.91. The van der Waals surface area contributed by atoms with Crippen LogP contribution in [0.3, 0.4) is 0 Å². The second kappa shape index (κ2) is 9.93. The lowest BCUT2D eigenvalue weighted by Crippen LogP contribution is -2.45. The van der Waals surface area contributed by atoms with Crippen molar-refractivity contribution in [2.75, 3.05) is 0 Å². The van der Waals surface area contributed by atoms with Gasteiger partial charge < -0.3 is 16.0 Å². The Morgan fingerprint density at radius 3 is 2.65 bits per heavy atom. The van der Waals surface area contributed by atoms with Crippen LogP contribution >= 0.6 is 12.4 Å². The second-order valence-electron chi connectivity index (χ2n) is 7.42. The van der Waals surface area contributed by atoms with Gasteiger partial charge in [0.25, 0.3) is 0 Å². The summed E-state index contributed by atoms with van der Waals surface area (Å²) in [7, 11) is 0. The SMILES string of the molecule is CC(NC(=O)CC1CCCCC1)C(=O)NCc1ccc2c(c1)CNC2.Cl. The zero-order valence-electron chi connectivity index (χ0n) is 15.5. The molecular weight excluding hydrogens is 350 g/mol. The maximum Gasteiger partial charge on any atom is 0.242 e. The van der Waals surface area contributed by atoms with Gasteiger partial charge in [0.05, 0.1) is 0 Å². The van der Waals surface area contributed by atoms with E-state index in [0.29, 0.717) is 18.9 Å². The molecule has 5 nitrogen and oxygen atoms in total. The molecule has 6 heteroatoms. The molecule has 1 heterocycles. The van der Waals surface area contributed by atoms with Crippen LogP contribution in [0, 0.1) is 5.92 Å². The maximum atomic E-state index is 12.2. The van der Waals surface area contributed by atoms with Crippen LogP contribution in [-0.2, 0) is 29.2 Å². The minimum Gasteiger partial charge on any atom is -0.350 e. The first kappa shape index (κ1) is 20.7. The number of nitrogens with one attached hydrogen (secondary N) is 3. The highest BCUT2D eigenvalue weighted by Gasteiger charge is 2.20. The van der Waals surface area contributed by atoms with Crippen LogP contribution in [0.25, 0.3) is 0 Å². The molecule has 1 aliphatic carbocycles. The third-order valence-electron chi connectivity index (χ3n) is 5.34. The van der Waals surface area contributed by atoms with Gasteiger partial charge in [-0.3, -0.25) is 9.59 Å². The number of carbonyl (C=O) groups excluding carboxylic acids is 2. The van der Waals surface area contributed by atoms with Gasteiger partial charge in [-0.1, -0.05) is 37.5 Å². The van der Waals surface area contributed by atoms with Crippen LogP contribution < -0.4 is 16.0 Å². The number of hydrogen-bond donors (Lipinski definition) is 3. The third-order valence-corrected chi connectivity index (χ3v) is 5.34. The van der Waals surface area contributed by atoms with Gasteiger partial charge in [0.1, 0.15) is 6.04 Å². The Morgan fingerprint density at radius 1 is 1.15 bits per heavy atom. The normalized spacial score (nSPS) is 17.7. The molecule has 3 N–H and O–H groups in total. The summed E-state index contributed by atoms with van der Waals surface area (Å²) in [4.78, 5) is 24.4. The van der Waals surface area contributed by atoms with Gasteiger partial charge in [-0.25, -0.2) is 0 Å². The lowest BCUT2D eigenvalue weighted by atomic mass is 9.87. The molecule has 1 unspecified atom stereocenters. The van der Waals surface area contributed by atoms with Crippen LogP contribution in [0.4, 0.5) is 0 Å². The highest BCUT2D eigenvalue weighted by atomic mass is 35.5. The molecule has 3 rings (SSSR count). The molecular formula is C20H30ClN3O2. The van der Waals surface area contributed by atoms with Crippen LogP contribution in [0.2, 0.25) is 0 Å². The van der Waals surface area contributed by atoms with E-state index in [9.17, 15) is 9.59 Å². The van der Waals surface area contributed by atoms with E-state index in [1.807, 2.05) is 0 Å². The summed E-state index contributed by atoms with van der Waals surface area (Å²) in [6, 6.07) is 5.82. The Hall–Kier alpha value is -1.59. The fourth-order valence-corrected chi connectivity index (χ4v) is 3.82. The largest absolute Gasteiger partial charge is 0.350 e. The van der Waals surface area contributed by atoms with Crippen LogP contribution in [0.5, 0.6) is 0 Å². The van der Waals surface area contributed by atoms with Crippen molar-refractivity contribution in [3.05, 3.63) is 34.9 Å². The summed E-state index contributed by atoms with van der Waals surface area (Å²) in [6.07, 6.45) is 6.57. The van der Waals surface area contributed by atoms with Crippen molar-refractivity contribution in [1.29, 1.82) is 0 Å².